The standard InChI is InChI=1S/C14H15N3O4/c18-14(19)11-3-1-2-10(6-11)7-17-4-5-20-8-12(17)13-15-9-21-16-13/h1-3,6,9,12H,4-5,7-8H2,(H,18,19). The van der Waals surface area contributed by atoms with Gasteiger partial charge in [-0.2, -0.15) is 4.98 Å². The number of rotatable bonds is 4. The van der Waals surface area contributed by atoms with Gasteiger partial charge in [0, 0.05) is 13.1 Å². The summed E-state index contributed by atoms with van der Waals surface area (Å²) in [6.07, 6.45) is 1.30. The zero-order chi connectivity index (χ0) is 14.7. The van der Waals surface area contributed by atoms with Crippen LogP contribution in [0.15, 0.2) is 35.2 Å². The lowest BCUT2D eigenvalue weighted by Crippen LogP contribution is -2.39. The lowest BCUT2D eigenvalue weighted by Gasteiger charge is -2.33. The molecule has 2 aromatic rings. The molecular weight excluding hydrogens is 274 g/mol. The third-order valence-electron chi connectivity index (χ3n) is 3.48. The molecule has 21 heavy (non-hydrogen) atoms. The summed E-state index contributed by atoms with van der Waals surface area (Å²) in [7, 11) is 0. The molecule has 2 heterocycles. The molecule has 3 rings (SSSR count). The van der Waals surface area contributed by atoms with Crippen LogP contribution in [0.5, 0.6) is 0 Å². The van der Waals surface area contributed by atoms with E-state index >= 15 is 0 Å². The minimum absolute atomic E-state index is 0.0778. The molecule has 1 aliphatic rings. The van der Waals surface area contributed by atoms with E-state index in [-0.39, 0.29) is 11.6 Å². The molecule has 1 aromatic heterocycles. The van der Waals surface area contributed by atoms with Gasteiger partial charge in [-0.25, -0.2) is 4.79 Å². The predicted molar refractivity (Wildman–Crippen MR) is 71.7 cm³/mol. The number of hydrogen-bond acceptors (Lipinski definition) is 6. The molecule has 1 saturated heterocycles. The maximum absolute atomic E-state index is 11.0. The van der Waals surface area contributed by atoms with Crippen molar-refractivity contribution in [1.29, 1.82) is 0 Å². The van der Waals surface area contributed by atoms with Gasteiger partial charge in [0.25, 0.3) is 0 Å². The molecule has 0 aliphatic carbocycles. The van der Waals surface area contributed by atoms with Crippen LogP contribution in [-0.4, -0.2) is 45.9 Å². The minimum Gasteiger partial charge on any atom is -0.478 e. The molecule has 0 spiro atoms. The minimum atomic E-state index is -0.923. The Labute approximate surface area is 121 Å². The molecule has 0 saturated carbocycles. The second-order valence-electron chi connectivity index (χ2n) is 4.86. The highest BCUT2D eigenvalue weighted by atomic mass is 16.5. The van der Waals surface area contributed by atoms with Gasteiger partial charge in [-0.05, 0) is 17.7 Å². The Kier molecular flexibility index (Phi) is 3.94. The summed E-state index contributed by atoms with van der Waals surface area (Å²) in [6.45, 7) is 2.48. The van der Waals surface area contributed by atoms with Gasteiger partial charge in [0.15, 0.2) is 5.82 Å². The Morgan fingerprint density at radius 2 is 2.38 bits per heavy atom. The van der Waals surface area contributed by atoms with E-state index in [1.165, 1.54) is 6.39 Å². The van der Waals surface area contributed by atoms with E-state index in [0.717, 1.165) is 12.1 Å². The second kappa shape index (κ2) is 6.02. The lowest BCUT2D eigenvalue weighted by atomic mass is 10.1. The number of carbonyl (C=O) groups is 1. The molecule has 1 aromatic carbocycles. The maximum Gasteiger partial charge on any atom is 0.335 e. The molecule has 1 unspecified atom stereocenters. The first-order valence-corrected chi connectivity index (χ1v) is 6.64. The summed E-state index contributed by atoms with van der Waals surface area (Å²) in [6, 6.07) is 6.86. The smallest absolute Gasteiger partial charge is 0.335 e. The average molecular weight is 289 g/mol. The number of benzene rings is 1. The lowest BCUT2D eigenvalue weighted by molar-refractivity contribution is -0.0166. The first kappa shape index (κ1) is 13.7. The fraction of sp³-hybridized carbons (Fsp3) is 0.357. The highest BCUT2D eigenvalue weighted by Crippen LogP contribution is 2.23. The van der Waals surface area contributed by atoms with Crippen molar-refractivity contribution in [3.8, 4) is 0 Å². The number of nitrogens with zero attached hydrogens (tertiary/aromatic N) is 3. The molecular formula is C14H15N3O4. The maximum atomic E-state index is 11.0. The summed E-state index contributed by atoms with van der Waals surface area (Å²) in [5, 5.41) is 12.9. The Morgan fingerprint density at radius 1 is 1.48 bits per heavy atom. The van der Waals surface area contributed by atoms with Gasteiger partial charge >= 0.3 is 5.97 Å². The number of aromatic carboxylic acids is 1. The van der Waals surface area contributed by atoms with Gasteiger partial charge < -0.3 is 14.4 Å². The summed E-state index contributed by atoms with van der Waals surface area (Å²) >= 11 is 0. The van der Waals surface area contributed by atoms with Gasteiger partial charge in [0.1, 0.15) is 0 Å². The third-order valence-corrected chi connectivity index (χ3v) is 3.48. The Morgan fingerprint density at radius 3 is 3.14 bits per heavy atom. The monoisotopic (exact) mass is 289 g/mol. The molecule has 1 fully saturated rings. The van der Waals surface area contributed by atoms with Crippen LogP contribution < -0.4 is 0 Å². The predicted octanol–water partition coefficient (Wildman–Crippen LogP) is 1.34. The number of morpholine rings is 1. The molecule has 110 valence electrons. The molecule has 7 nitrogen and oxygen atoms in total. The highest BCUT2D eigenvalue weighted by molar-refractivity contribution is 5.87. The van der Waals surface area contributed by atoms with Crippen LogP contribution in [-0.2, 0) is 11.3 Å². The number of carboxylic acids is 1. The van der Waals surface area contributed by atoms with E-state index in [2.05, 4.69) is 15.0 Å². The number of carboxylic acid groups (broad SMARTS) is 1. The van der Waals surface area contributed by atoms with E-state index in [9.17, 15) is 4.79 Å². The van der Waals surface area contributed by atoms with Crippen molar-refractivity contribution in [3.63, 3.8) is 0 Å². The average Bonchev–Trinajstić information content (AvgIpc) is 3.02. The van der Waals surface area contributed by atoms with Crippen LogP contribution >= 0.6 is 0 Å². The largest absolute Gasteiger partial charge is 0.478 e. The quantitative estimate of drug-likeness (QED) is 0.908. The van der Waals surface area contributed by atoms with Gasteiger partial charge in [-0.15, -0.1) is 0 Å². The SMILES string of the molecule is O=C(O)c1cccc(CN2CCOCC2c2ncon2)c1. The third kappa shape index (κ3) is 3.09. The Hall–Kier alpha value is -2.25. The number of hydrogen-bond donors (Lipinski definition) is 1. The van der Waals surface area contributed by atoms with Crippen LogP contribution in [0, 0.1) is 0 Å². The summed E-state index contributed by atoms with van der Waals surface area (Å²) in [5.74, 6) is -0.336. The molecule has 0 bridgehead atoms. The van der Waals surface area contributed by atoms with Crippen LogP contribution in [0.3, 0.4) is 0 Å². The summed E-state index contributed by atoms with van der Waals surface area (Å²) in [4.78, 5) is 17.3. The van der Waals surface area contributed by atoms with E-state index in [4.69, 9.17) is 14.4 Å². The van der Waals surface area contributed by atoms with Crippen molar-refractivity contribution in [3.05, 3.63) is 47.6 Å². The van der Waals surface area contributed by atoms with E-state index < -0.39 is 5.97 Å². The second-order valence-corrected chi connectivity index (χ2v) is 4.86. The fourth-order valence-electron chi connectivity index (χ4n) is 2.43. The zero-order valence-electron chi connectivity index (χ0n) is 11.3. The topological polar surface area (TPSA) is 88.7 Å². The van der Waals surface area contributed by atoms with Crippen molar-refractivity contribution >= 4 is 5.97 Å². The zero-order valence-corrected chi connectivity index (χ0v) is 11.3. The van der Waals surface area contributed by atoms with Crippen LogP contribution in [0.1, 0.15) is 27.8 Å². The van der Waals surface area contributed by atoms with Crippen molar-refractivity contribution in [2.45, 2.75) is 12.6 Å². The van der Waals surface area contributed by atoms with Crippen LogP contribution in [0.2, 0.25) is 0 Å². The van der Waals surface area contributed by atoms with Gasteiger partial charge in [-0.1, -0.05) is 17.3 Å². The van der Waals surface area contributed by atoms with Crippen molar-refractivity contribution in [2.24, 2.45) is 0 Å². The Bertz CT molecular complexity index is 614. The molecule has 0 radical (unpaired) electrons. The first-order valence-electron chi connectivity index (χ1n) is 6.64. The number of ether oxygens (including phenoxy) is 1. The fourth-order valence-corrected chi connectivity index (χ4v) is 2.43. The van der Waals surface area contributed by atoms with Gasteiger partial charge in [-0.3, -0.25) is 4.90 Å². The van der Waals surface area contributed by atoms with Gasteiger partial charge in [0.05, 0.1) is 24.8 Å². The molecule has 1 aliphatic heterocycles. The summed E-state index contributed by atoms with van der Waals surface area (Å²) < 4.78 is 10.3. The van der Waals surface area contributed by atoms with Crippen LogP contribution in [0.25, 0.3) is 0 Å². The highest BCUT2D eigenvalue weighted by Gasteiger charge is 2.28. The van der Waals surface area contributed by atoms with Crippen LogP contribution in [0.4, 0.5) is 0 Å². The molecule has 1 N–H and O–H groups in total. The van der Waals surface area contributed by atoms with Crippen molar-refractivity contribution in [2.75, 3.05) is 19.8 Å². The summed E-state index contributed by atoms with van der Waals surface area (Å²) in [5.41, 5.74) is 1.22. The Balaban J connectivity index is 1.78. The first-order chi connectivity index (χ1) is 10.2. The van der Waals surface area contributed by atoms with E-state index in [1.807, 2.05) is 6.07 Å². The van der Waals surface area contributed by atoms with E-state index in [1.54, 1.807) is 18.2 Å². The van der Waals surface area contributed by atoms with Crippen molar-refractivity contribution < 1.29 is 19.2 Å². The number of aromatic nitrogens is 2. The normalized spacial score (nSPS) is 19.5. The molecule has 1 atom stereocenters. The molecule has 0 amide bonds. The van der Waals surface area contributed by atoms with Gasteiger partial charge in [0.2, 0.25) is 6.39 Å². The van der Waals surface area contributed by atoms with Crippen molar-refractivity contribution in [1.82, 2.24) is 15.0 Å². The van der Waals surface area contributed by atoms with E-state index in [0.29, 0.717) is 25.6 Å². The molecule has 7 heteroatoms.